The van der Waals surface area contributed by atoms with E-state index in [0.717, 1.165) is 24.3 Å². The Morgan fingerprint density at radius 1 is 0.926 bits per heavy atom. The summed E-state index contributed by atoms with van der Waals surface area (Å²) in [5, 5.41) is 2.03. The van der Waals surface area contributed by atoms with Gasteiger partial charge in [0.1, 0.15) is 0 Å². The summed E-state index contributed by atoms with van der Waals surface area (Å²) in [4.78, 5) is 34.6. The Morgan fingerprint density at radius 2 is 1.52 bits per heavy atom. The summed E-state index contributed by atoms with van der Waals surface area (Å²) >= 11 is 0. The lowest BCUT2D eigenvalue weighted by molar-refractivity contribution is -0.123. The fourth-order valence-corrected chi connectivity index (χ4v) is 2.64. The summed E-state index contributed by atoms with van der Waals surface area (Å²) in [5.41, 5.74) is 0.0957. The van der Waals surface area contributed by atoms with E-state index >= 15 is 0 Å². The van der Waals surface area contributed by atoms with E-state index in [2.05, 4.69) is 0 Å². The predicted molar refractivity (Wildman–Crippen MR) is 88.8 cm³/mol. The lowest BCUT2D eigenvalue weighted by Crippen LogP contribution is -2.34. The minimum Gasteiger partial charge on any atom is -0.452 e. The van der Waals surface area contributed by atoms with Gasteiger partial charge in [-0.2, -0.15) is 8.78 Å². The Hall–Kier alpha value is -3.14. The van der Waals surface area contributed by atoms with Crippen molar-refractivity contribution in [3.8, 4) is 0 Å². The molecule has 0 atom stereocenters. The van der Waals surface area contributed by atoms with Crippen LogP contribution in [-0.4, -0.2) is 38.6 Å². The Morgan fingerprint density at radius 3 is 2.07 bits per heavy atom. The predicted octanol–water partition coefficient (Wildman–Crippen LogP) is 1.80. The van der Waals surface area contributed by atoms with Crippen LogP contribution in [0.3, 0.4) is 0 Å². The van der Waals surface area contributed by atoms with Gasteiger partial charge in [-0.15, -0.1) is 0 Å². The molecular weight excluding hydrogens is 384 g/mol. The van der Waals surface area contributed by atoms with Gasteiger partial charge in [0.2, 0.25) is 9.84 Å². The van der Waals surface area contributed by atoms with Crippen LogP contribution in [0, 0.1) is 0 Å². The average Bonchev–Trinajstić information content (AvgIpc) is 2.66. The molecule has 142 valence electrons. The summed E-state index contributed by atoms with van der Waals surface area (Å²) in [6, 6.07) is 11.5. The number of alkyl halides is 2. The fraction of sp³-hybridized carbons (Fsp3) is 0.118. The highest BCUT2D eigenvalue weighted by Crippen LogP contribution is 2.18. The van der Waals surface area contributed by atoms with E-state index in [-0.39, 0.29) is 11.1 Å². The molecule has 0 fully saturated rings. The standard InChI is InChI=1S/C17H13F2NO6S/c18-17(19)27(24,25)13-8-6-12(7-9-13)16(23)26-10-14(21)20-15(22)11-4-2-1-3-5-11/h1-9,17H,10H2,(H,20,21,22). The molecule has 0 aliphatic rings. The molecule has 2 aromatic carbocycles. The number of hydrogen-bond acceptors (Lipinski definition) is 6. The number of hydrogen-bond donors (Lipinski definition) is 1. The van der Waals surface area contributed by atoms with Gasteiger partial charge in [-0.3, -0.25) is 14.9 Å². The second-order valence-corrected chi connectivity index (χ2v) is 7.07. The van der Waals surface area contributed by atoms with Gasteiger partial charge in [0.15, 0.2) is 6.61 Å². The molecule has 7 nitrogen and oxygen atoms in total. The van der Waals surface area contributed by atoms with Gasteiger partial charge in [0.25, 0.3) is 11.8 Å². The minimum absolute atomic E-state index is 0.148. The third-order valence-electron chi connectivity index (χ3n) is 3.28. The van der Waals surface area contributed by atoms with Crippen molar-refractivity contribution in [3.05, 3.63) is 65.7 Å². The number of carbonyl (C=O) groups is 3. The zero-order valence-corrected chi connectivity index (χ0v) is 14.4. The topological polar surface area (TPSA) is 107 Å². The zero-order valence-electron chi connectivity index (χ0n) is 13.6. The van der Waals surface area contributed by atoms with Crippen molar-refractivity contribution in [2.75, 3.05) is 6.61 Å². The van der Waals surface area contributed by atoms with Crippen LogP contribution in [0.1, 0.15) is 20.7 Å². The van der Waals surface area contributed by atoms with Gasteiger partial charge in [-0.1, -0.05) is 18.2 Å². The summed E-state index contributed by atoms with van der Waals surface area (Å²) in [6.07, 6.45) is 0. The maximum atomic E-state index is 12.4. The van der Waals surface area contributed by atoms with Gasteiger partial charge >= 0.3 is 11.7 Å². The van der Waals surface area contributed by atoms with Gasteiger partial charge in [-0.25, -0.2) is 13.2 Å². The molecular formula is C17H13F2NO6S. The normalized spacial score (nSPS) is 11.1. The number of benzene rings is 2. The Balaban J connectivity index is 1.92. The number of amides is 2. The summed E-state index contributed by atoms with van der Waals surface area (Å²) < 4.78 is 52.2. The second kappa shape index (κ2) is 8.49. The quantitative estimate of drug-likeness (QED) is 0.745. The first kappa shape index (κ1) is 20.2. The Bertz CT molecular complexity index is 943. The van der Waals surface area contributed by atoms with Gasteiger partial charge in [-0.05, 0) is 36.4 Å². The molecule has 0 saturated heterocycles. The first-order valence-corrected chi connectivity index (χ1v) is 8.95. The first-order chi connectivity index (χ1) is 12.7. The molecule has 2 amide bonds. The van der Waals surface area contributed by atoms with E-state index in [1.807, 2.05) is 5.32 Å². The maximum Gasteiger partial charge on any atom is 0.341 e. The number of nitrogens with one attached hydrogen (secondary N) is 1. The van der Waals surface area contributed by atoms with Crippen LogP contribution in [0.15, 0.2) is 59.5 Å². The highest BCUT2D eigenvalue weighted by molar-refractivity contribution is 7.91. The monoisotopic (exact) mass is 397 g/mol. The largest absolute Gasteiger partial charge is 0.452 e. The molecule has 0 aliphatic carbocycles. The van der Waals surface area contributed by atoms with Gasteiger partial charge in [0.05, 0.1) is 10.5 Å². The molecule has 0 radical (unpaired) electrons. The van der Waals surface area contributed by atoms with Gasteiger partial charge < -0.3 is 4.74 Å². The average molecular weight is 397 g/mol. The highest BCUT2D eigenvalue weighted by atomic mass is 32.2. The van der Waals surface area contributed by atoms with Crippen molar-refractivity contribution in [3.63, 3.8) is 0 Å². The van der Waals surface area contributed by atoms with Crippen molar-refractivity contribution in [2.24, 2.45) is 0 Å². The molecule has 0 spiro atoms. The summed E-state index contributed by atoms with van der Waals surface area (Å²) in [6.45, 7) is -0.755. The number of esters is 1. The van der Waals surface area contributed by atoms with E-state index < -0.39 is 44.9 Å². The fourth-order valence-electron chi connectivity index (χ4n) is 1.92. The molecule has 0 bridgehead atoms. The van der Waals surface area contributed by atoms with Crippen LogP contribution in [-0.2, 0) is 19.4 Å². The van der Waals surface area contributed by atoms with Crippen molar-refractivity contribution in [1.82, 2.24) is 5.32 Å². The maximum absolute atomic E-state index is 12.4. The Labute approximate surface area is 152 Å². The molecule has 0 saturated carbocycles. The van der Waals surface area contributed by atoms with E-state index in [4.69, 9.17) is 4.74 Å². The molecule has 2 rings (SSSR count). The zero-order chi connectivity index (χ0) is 20.0. The summed E-state index contributed by atoms with van der Waals surface area (Å²) in [5.74, 6) is -6.10. The highest BCUT2D eigenvalue weighted by Gasteiger charge is 2.26. The molecule has 2 aromatic rings. The number of rotatable bonds is 6. The van der Waals surface area contributed by atoms with Crippen molar-refractivity contribution in [2.45, 2.75) is 10.7 Å². The van der Waals surface area contributed by atoms with Crippen molar-refractivity contribution in [1.29, 1.82) is 0 Å². The molecule has 0 aliphatic heterocycles. The molecule has 27 heavy (non-hydrogen) atoms. The van der Waals surface area contributed by atoms with Crippen LogP contribution < -0.4 is 5.32 Å². The minimum atomic E-state index is -4.77. The number of carbonyl (C=O) groups excluding carboxylic acids is 3. The molecule has 0 unspecified atom stereocenters. The Kier molecular flexibility index (Phi) is 6.35. The van der Waals surface area contributed by atoms with Crippen LogP contribution in [0.2, 0.25) is 0 Å². The third-order valence-corrected chi connectivity index (χ3v) is 4.67. The first-order valence-electron chi connectivity index (χ1n) is 7.40. The lowest BCUT2D eigenvalue weighted by atomic mass is 10.2. The molecule has 0 aromatic heterocycles. The smallest absolute Gasteiger partial charge is 0.341 e. The van der Waals surface area contributed by atoms with E-state index in [0.29, 0.717) is 0 Å². The number of ether oxygens (including phenoxy) is 1. The molecule has 0 heterocycles. The molecule has 10 heteroatoms. The van der Waals surface area contributed by atoms with E-state index in [1.165, 1.54) is 12.1 Å². The van der Waals surface area contributed by atoms with Crippen LogP contribution in [0.5, 0.6) is 0 Å². The van der Waals surface area contributed by atoms with Crippen molar-refractivity contribution < 1.29 is 36.3 Å². The second-order valence-electron chi connectivity index (χ2n) is 5.15. The number of sulfone groups is 1. The van der Waals surface area contributed by atoms with Gasteiger partial charge in [0, 0.05) is 5.56 Å². The number of halogens is 2. The SMILES string of the molecule is O=C(COC(=O)c1ccc(S(=O)(=O)C(F)F)cc1)NC(=O)c1ccccc1. The molecule has 1 N–H and O–H groups in total. The third kappa shape index (κ3) is 5.17. The van der Waals surface area contributed by atoms with Crippen LogP contribution >= 0.6 is 0 Å². The lowest BCUT2D eigenvalue weighted by Gasteiger charge is -2.07. The van der Waals surface area contributed by atoms with Crippen LogP contribution in [0.4, 0.5) is 8.78 Å². The van der Waals surface area contributed by atoms with Crippen LogP contribution in [0.25, 0.3) is 0 Å². The summed E-state index contributed by atoms with van der Waals surface area (Å²) in [7, 11) is -4.77. The van der Waals surface area contributed by atoms with Crippen molar-refractivity contribution >= 4 is 27.6 Å². The number of imide groups is 1. The van der Waals surface area contributed by atoms with E-state index in [9.17, 15) is 31.6 Å². The van der Waals surface area contributed by atoms with E-state index in [1.54, 1.807) is 18.2 Å².